The SMILES string of the molecule is COc1ccc(Cn2cnc3cc(C(C)N)ncc32)cc1. The van der Waals surface area contributed by atoms with Crippen molar-refractivity contribution in [3.05, 3.63) is 54.1 Å². The van der Waals surface area contributed by atoms with E-state index in [4.69, 9.17) is 10.5 Å². The lowest BCUT2D eigenvalue weighted by atomic mass is 10.2. The number of nitrogens with zero attached hydrogens (tertiary/aromatic N) is 3. The number of ether oxygens (including phenoxy) is 1. The van der Waals surface area contributed by atoms with Gasteiger partial charge in [0, 0.05) is 12.6 Å². The number of pyridine rings is 1. The van der Waals surface area contributed by atoms with Crippen molar-refractivity contribution in [3.8, 4) is 5.75 Å². The first-order valence-electron chi connectivity index (χ1n) is 6.86. The number of benzene rings is 1. The summed E-state index contributed by atoms with van der Waals surface area (Å²) in [7, 11) is 1.67. The molecule has 0 saturated carbocycles. The summed E-state index contributed by atoms with van der Waals surface area (Å²) in [5.74, 6) is 0.859. The number of aromatic nitrogens is 3. The van der Waals surface area contributed by atoms with E-state index in [2.05, 4.69) is 26.7 Å². The van der Waals surface area contributed by atoms with Gasteiger partial charge >= 0.3 is 0 Å². The van der Waals surface area contributed by atoms with Gasteiger partial charge in [0.25, 0.3) is 0 Å². The molecule has 2 N–H and O–H groups in total. The van der Waals surface area contributed by atoms with Crippen LogP contribution in [0.3, 0.4) is 0 Å². The third kappa shape index (κ3) is 2.73. The molecule has 1 atom stereocenters. The van der Waals surface area contributed by atoms with Gasteiger partial charge in [0.05, 0.1) is 36.4 Å². The summed E-state index contributed by atoms with van der Waals surface area (Å²) >= 11 is 0. The minimum atomic E-state index is -0.0823. The monoisotopic (exact) mass is 282 g/mol. The van der Waals surface area contributed by atoms with Crippen molar-refractivity contribution in [2.75, 3.05) is 7.11 Å². The maximum Gasteiger partial charge on any atom is 0.118 e. The zero-order valence-corrected chi connectivity index (χ0v) is 12.2. The first-order chi connectivity index (χ1) is 10.2. The normalized spacial score (nSPS) is 12.5. The first-order valence-corrected chi connectivity index (χ1v) is 6.86. The van der Waals surface area contributed by atoms with Gasteiger partial charge in [-0.05, 0) is 30.7 Å². The number of hydrogen-bond donors (Lipinski definition) is 1. The van der Waals surface area contributed by atoms with Gasteiger partial charge in [0.15, 0.2) is 0 Å². The summed E-state index contributed by atoms with van der Waals surface area (Å²) in [6.45, 7) is 2.67. The summed E-state index contributed by atoms with van der Waals surface area (Å²) in [6.07, 6.45) is 3.67. The van der Waals surface area contributed by atoms with Crippen LogP contribution in [0.15, 0.2) is 42.9 Å². The number of methoxy groups -OCH3 is 1. The van der Waals surface area contributed by atoms with E-state index in [9.17, 15) is 0 Å². The second kappa shape index (κ2) is 5.54. The van der Waals surface area contributed by atoms with E-state index in [0.717, 1.165) is 29.0 Å². The van der Waals surface area contributed by atoms with Gasteiger partial charge < -0.3 is 15.0 Å². The van der Waals surface area contributed by atoms with Crippen LogP contribution in [0.1, 0.15) is 24.2 Å². The average molecular weight is 282 g/mol. The quantitative estimate of drug-likeness (QED) is 0.798. The maximum atomic E-state index is 5.85. The number of hydrogen-bond acceptors (Lipinski definition) is 4. The van der Waals surface area contributed by atoms with Crippen LogP contribution < -0.4 is 10.5 Å². The van der Waals surface area contributed by atoms with Crippen LogP contribution in [0.4, 0.5) is 0 Å². The second-order valence-corrected chi connectivity index (χ2v) is 5.11. The van der Waals surface area contributed by atoms with E-state index < -0.39 is 0 Å². The van der Waals surface area contributed by atoms with E-state index in [-0.39, 0.29) is 6.04 Å². The van der Waals surface area contributed by atoms with Crippen molar-refractivity contribution < 1.29 is 4.74 Å². The number of imidazole rings is 1. The Morgan fingerprint density at radius 3 is 2.67 bits per heavy atom. The molecule has 0 aliphatic heterocycles. The summed E-state index contributed by atoms with van der Waals surface area (Å²) in [4.78, 5) is 8.84. The van der Waals surface area contributed by atoms with E-state index in [1.807, 2.05) is 37.6 Å². The fourth-order valence-electron chi connectivity index (χ4n) is 2.27. The molecule has 0 bridgehead atoms. The molecule has 2 aromatic heterocycles. The highest BCUT2D eigenvalue weighted by Crippen LogP contribution is 2.18. The number of fused-ring (bicyclic) bond motifs is 1. The topological polar surface area (TPSA) is 66.0 Å². The van der Waals surface area contributed by atoms with Crippen LogP contribution in [0, 0.1) is 0 Å². The van der Waals surface area contributed by atoms with Crippen molar-refractivity contribution in [2.45, 2.75) is 19.5 Å². The molecule has 0 radical (unpaired) electrons. The van der Waals surface area contributed by atoms with E-state index >= 15 is 0 Å². The molecular weight excluding hydrogens is 264 g/mol. The molecule has 3 aromatic rings. The second-order valence-electron chi connectivity index (χ2n) is 5.11. The van der Waals surface area contributed by atoms with Gasteiger partial charge in [0.1, 0.15) is 5.75 Å². The number of nitrogens with two attached hydrogens (primary N) is 1. The lowest BCUT2D eigenvalue weighted by molar-refractivity contribution is 0.414. The molecule has 0 aliphatic carbocycles. The molecule has 0 fully saturated rings. The van der Waals surface area contributed by atoms with Crippen molar-refractivity contribution in [3.63, 3.8) is 0 Å². The smallest absolute Gasteiger partial charge is 0.118 e. The maximum absolute atomic E-state index is 5.85. The van der Waals surface area contributed by atoms with Gasteiger partial charge in [0.2, 0.25) is 0 Å². The molecule has 1 unspecified atom stereocenters. The Balaban J connectivity index is 1.90. The van der Waals surface area contributed by atoms with Crippen LogP contribution in [0.25, 0.3) is 11.0 Å². The Kier molecular flexibility index (Phi) is 3.58. The standard InChI is InChI=1S/C16H18N4O/c1-11(17)14-7-15-16(8-18-14)20(10-19-15)9-12-3-5-13(21-2)6-4-12/h3-8,10-11H,9,17H2,1-2H3. The third-order valence-corrected chi connectivity index (χ3v) is 3.51. The molecular formula is C16H18N4O. The first kappa shape index (κ1) is 13.6. The highest BCUT2D eigenvalue weighted by atomic mass is 16.5. The van der Waals surface area contributed by atoms with E-state index in [1.165, 1.54) is 5.56 Å². The lowest BCUT2D eigenvalue weighted by Crippen LogP contribution is -2.07. The van der Waals surface area contributed by atoms with Gasteiger partial charge in [-0.15, -0.1) is 0 Å². The third-order valence-electron chi connectivity index (χ3n) is 3.51. The highest BCUT2D eigenvalue weighted by molar-refractivity contribution is 5.74. The Labute approximate surface area is 123 Å². The zero-order chi connectivity index (χ0) is 14.8. The molecule has 1 aromatic carbocycles. The molecule has 3 rings (SSSR count). The fraction of sp³-hybridized carbons (Fsp3) is 0.250. The summed E-state index contributed by atoms with van der Waals surface area (Å²) in [5.41, 5.74) is 9.83. The minimum Gasteiger partial charge on any atom is -0.497 e. The molecule has 5 heteroatoms. The van der Waals surface area contributed by atoms with Crippen LogP contribution in [0.2, 0.25) is 0 Å². The van der Waals surface area contributed by atoms with Gasteiger partial charge in [-0.3, -0.25) is 4.98 Å². The summed E-state index contributed by atoms with van der Waals surface area (Å²) in [5, 5.41) is 0. The van der Waals surface area contributed by atoms with Crippen LogP contribution >= 0.6 is 0 Å². The average Bonchev–Trinajstić information content (AvgIpc) is 2.90. The molecule has 2 heterocycles. The van der Waals surface area contributed by atoms with Crippen LogP contribution in [-0.4, -0.2) is 21.6 Å². The van der Waals surface area contributed by atoms with E-state index in [0.29, 0.717) is 0 Å². The highest BCUT2D eigenvalue weighted by Gasteiger charge is 2.07. The molecule has 21 heavy (non-hydrogen) atoms. The summed E-state index contributed by atoms with van der Waals surface area (Å²) < 4.78 is 7.25. The van der Waals surface area contributed by atoms with Gasteiger partial charge in [-0.1, -0.05) is 12.1 Å². The van der Waals surface area contributed by atoms with Crippen LogP contribution in [-0.2, 0) is 6.54 Å². The predicted molar refractivity (Wildman–Crippen MR) is 82.2 cm³/mol. The van der Waals surface area contributed by atoms with Crippen molar-refractivity contribution in [1.29, 1.82) is 0 Å². The Hall–Kier alpha value is -2.40. The summed E-state index contributed by atoms with van der Waals surface area (Å²) in [6, 6.07) is 9.89. The fourth-order valence-corrected chi connectivity index (χ4v) is 2.27. The van der Waals surface area contributed by atoms with Crippen molar-refractivity contribution >= 4 is 11.0 Å². The molecule has 108 valence electrons. The molecule has 0 spiro atoms. The largest absolute Gasteiger partial charge is 0.497 e. The van der Waals surface area contributed by atoms with E-state index in [1.54, 1.807) is 7.11 Å². The zero-order valence-electron chi connectivity index (χ0n) is 12.2. The lowest BCUT2D eigenvalue weighted by Gasteiger charge is -2.07. The van der Waals surface area contributed by atoms with Crippen LogP contribution in [0.5, 0.6) is 5.75 Å². The Morgan fingerprint density at radius 2 is 2.00 bits per heavy atom. The molecule has 0 amide bonds. The molecule has 0 aliphatic rings. The number of rotatable bonds is 4. The predicted octanol–water partition coefficient (Wildman–Crippen LogP) is 2.51. The molecule has 5 nitrogen and oxygen atoms in total. The van der Waals surface area contributed by atoms with Crippen molar-refractivity contribution in [1.82, 2.24) is 14.5 Å². The van der Waals surface area contributed by atoms with Gasteiger partial charge in [-0.2, -0.15) is 0 Å². The molecule has 0 saturated heterocycles. The van der Waals surface area contributed by atoms with Gasteiger partial charge in [-0.25, -0.2) is 4.98 Å². The Morgan fingerprint density at radius 1 is 1.24 bits per heavy atom. The minimum absolute atomic E-state index is 0.0823. The Bertz CT molecular complexity index is 747. The van der Waals surface area contributed by atoms with Crippen molar-refractivity contribution in [2.24, 2.45) is 5.73 Å².